The van der Waals surface area contributed by atoms with E-state index in [1.54, 1.807) is 0 Å². The van der Waals surface area contributed by atoms with Crippen molar-refractivity contribution in [2.45, 2.75) is 38.5 Å². The molecule has 1 aliphatic carbocycles. The van der Waals surface area contributed by atoms with Gasteiger partial charge >= 0.3 is 0 Å². The molecule has 1 nitrogen and oxygen atoms in total. The van der Waals surface area contributed by atoms with E-state index >= 15 is 0 Å². The highest BCUT2D eigenvalue weighted by Crippen LogP contribution is 2.57. The number of hydrogen-bond acceptors (Lipinski definition) is 1. The normalized spacial score (nSPS) is 15.2. The molecular formula is C48H37N. The Morgan fingerprint density at radius 3 is 1.59 bits per heavy atom. The molecule has 0 aromatic heterocycles. The van der Waals surface area contributed by atoms with E-state index in [-0.39, 0.29) is 10.8 Å². The number of rotatable bonds is 2. The standard InChI is InChI=1S/C48H37N/c1-47(2)41-21-13-12-20-38(41)40-28-44-46(29-42(40)47)49(32-14-6-5-7-15-32)45-25-23-31(27-43(45)48(44,3)4)30-22-24-37-35-18-9-8-16-33(35)34-17-10-11-19-36(34)39(37)26-30/h5-29H,1-4H3. The van der Waals surface area contributed by atoms with Crippen LogP contribution in [0.5, 0.6) is 0 Å². The van der Waals surface area contributed by atoms with Crippen molar-refractivity contribution in [1.82, 2.24) is 0 Å². The summed E-state index contributed by atoms with van der Waals surface area (Å²) >= 11 is 0. The topological polar surface area (TPSA) is 3.24 Å². The Balaban J connectivity index is 1.20. The molecule has 0 spiro atoms. The maximum atomic E-state index is 2.51. The van der Waals surface area contributed by atoms with Gasteiger partial charge in [-0.15, -0.1) is 0 Å². The summed E-state index contributed by atoms with van der Waals surface area (Å²) in [5, 5.41) is 7.83. The monoisotopic (exact) mass is 627 g/mol. The second-order valence-corrected chi connectivity index (χ2v) is 15.0. The lowest BCUT2D eigenvalue weighted by Crippen LogP contribution is -2.31. The van der Waals surface area contributed by atoms with Gasteiger partial charge in [-0.05, 0) is 119 Å². The van der Waals surface area contributed by atoms with Crippen molar-refractivity contribution in [1.29, 1.82) is 0 Å². The van der Waals surface area contributed by atoms with Crippen molar-refractivity contribution in [2.24, 2.45) is 0 Å². The second kappa shape index (κ2) is 9.94. The zero-order valence-electron chi connectivity index (χ0n) is 28.4. The van der Waals surface area contributed by atoms with Gasteiger partial charge < -0.3 is 4.90 Å². The first-order chi connectivity index (χ1) is 23.8. The van der Waals surface area contributed by atoms with Gasteiger partial charge in [0.25, 0.3) is 0 Å². The van der Waals surface area contributed by atoms with E-state index in [9.17, 15) is 0 Å². The van der Waals surface area contributed by atoms with Gasteiger partial charge in [0.2, 0.25) is 0 Å². The van der Waals surface area contributed by atoms with Crippen LogP contribution in [0, 0.1) is 0 Å². The Morgan fingerprint density at radius 2 is 0.878 bits per heavy atom. The van der Waals surface area contributed by atoms with Gasteiger partial charge in [-0.2, -0.15) is 0 Å². The average molecular weight is 628 g/mol. The summed E-state index contributed by atoms with van der Waals surface area (Å²) in [5.41, 5.74) is 14.2. The van der Waals surface area contributed by atoms with E-state index in [0.717, 1.165) is 0 Å². The van der Waals surface area contributed by atoms with Gasteiger partial charge in [-0.3, -0.25) is 0 Å². The van der Waals surface area contributed by atoms with Crippen LogP contribution in [0.2, 0.25) is 0 Å². The molecule has 0 unspecified atom stereocenters. The van der Waals surface area contributed by atoms with E-state index in [2.05, 4.69) is 184 Å². The van der Waals surface area contributed by atoms with E-state index in [4.69, 9.17) is 0 Å². The number of hydrogen-bond donors (Lipinski definition) is 0. The lowest BCUT2D eigenvalue weighted by Gasteiger charge is -2.43. The number of anilines is 3. The quantitative estimate of drug-likeness (QED) is 0.172. The molecule has 0 bridgehead atoms. The maximum Gasteiger partial charge on any atom is 0.0506 e. The Kier molecular flexibility index (Phi) is 5.75. The first kappa shape index (κ1) is 28.4. The van der Waals surface area contributed by atoms with Crippen LogP contribution in [0.4, 0.5) is 17.1 Å². The molecule has 8 aromatic rings. The molecule has 234 valence electrons. The average Bonchev–Trinajstić information content (AvgIpc) is 3.37. The van der Waals surface area contributed by atoms with Crippen molar-refractivity contribution >= 4 is 49.4 Å². The molecule has 1 heterocycles. The third-order valence-corrected chi connectivity index (χ3v) is 11.6. The Morgan fingerprint density at radius 1 is 0.347 bits per heavy atom. The van der Waals surface area contributed by atoms with Gasteiger partial charge in [-0.25, -0.2) is 0 Å². The molecule has 0 amide bonds. The van der Waals surface area contributed by atoms with Crippen LogP contribution in [-0.2, 0) is 10.8 Å². The summed E-state index contributed by atoms with van der Waals surface area (Å²) in [7, 11) is 0. The Labute approximate surface area is 288 Å². The van der Waals surface area contributed by atoms with Crippen LogP contribution < -0.4 is 4.90 Å². The molecule has 1 aliphatic heterocycles. The SMILES string of the molecule is CC1(C)c2ccccc2-c2cc3c(cc21)N(c1ccccc1)c1ccc(-c2ccc4c5ccccc5c5ccccc5c4c2)cc1C3(C)C. The molecule has 0 N–H and O–H groups in total. The van der Waals surface area contributed by atoms with Crippen LogP contribution in [0.3, 0.4) is 0 Å². The fraction of sp³-hybridized carbons (Fsp3) is 0.125. The molecular weight excluding hydrogens is 591 g/mol. The van der Waals surface area contributed by atoms with Gasteiger partial charge in [-0.1, -0.05) is 137 Å². The largest absolute Gasteiger partial charge is 0.310 e. The van der Waals surface area contributed by atoms with E-state index in [1.807, 2.05) is 0 Å². The fourth-order valence-electron chi connectivity index (χ4n) is 9.05. The van der Waals surface area contributed by atoms with Crippen molar-refractivity contribution in [3.8, 4) is 22.3 Å². The minimum Gasteiger partial charge on any atom is -0.310 e. The molecule has 0 saturated carbocycles. The molecule has 0 radical (unpaired) electrons. The van der Waals surface area contributed by atoms with Crippen LogP contribution >= 0.6 is 0 Å². The second-order valence-electron chi connectivity index (χ2n) is 15.0. The van der Waals surface area contributed by atoms with Gasteiger partial charge in [0.15, 0.2) is 0 Å². The lowest BCUT2D eigenvalue weighted by atomic mass is 9.71. The summed E-state index contributed by atoms with van der Waals surface area (Å²) in [6, 6.07) is 56.8. The smallest absolute Gasteiger partial charge is 0.0506 e. The first-order valence-electron chi connectivity index (χ1n) is 17.4. The summed E-state index contributed by atoms with van der Waals surface area (Å²) in [5.74, 6) is 0. The molecule has 1 heteroatoms. The van der Waals surface area contributed by atoms with Gasteiger partial charge in [0.1, 0.15) is 0 Å². The predicted octanol–water partition coefficient (Wildman–Crippen LogP) is 13.2. The van der Waals surface area contributed by atoms with Gasteiger partial charge in [0.05, 0.1) is 11.4 Å². The molecule has 0 fully saturated rings. The number of benzene rings is 8. The highest BCUT2D eigenvalue weighted by Gasteiger charge is 2.42. The van der Waals surface area contributed by atoms with Crippen molar-refractivity contribution in [3.63, 3.8) is 0 Å². The molecule has 2 aliphatic rings. The molecule has 10 rings (SSSR count). The minimum absolute atomic E-state index is 0.0663. The summed E-state index contributed by atoms with van der Waals surface area (Å²) in [6.07, 6.45) is 0. The first-order valence-corrected chi connectivity index (χ1v) is 17.4. The maximum absolute atomic E-state index is 2.51. The predicted molar refractivity (Wildman–Crippen MR) is 209 cm³/mol. The summed E-state index contributed by atoms with van der Waals surface area (Å²) in [6.45, 7) is 9.58. The van der Waals surface area contributed by atoms with Crippen molar-refractivity contribution < 1.29 is 0 Å². The number of fused-ring (bicyclic) bond motifs is 11. The minimum atomic E-state index is -0.220. The highest BCUT2D eigenvalue weighted by molar-refractivity contribution is 6.25. The van der Waals surface area contributed by atoms with Crippen LogP contribution in [0.25, 0.3) is 54.6 Å². The fourth-order valence-corrected chi connectivity index (χ4v) is 9.05. The van der Waals surface area contributed by atoms with E-state index in [1.165, 1.54) is 93.9 Å². The number of nitrogens with zero attached hydrogens (tertiary/aromatic N) is 1. The Hall–Kier alpha value is -5.66. The van der Waals surface area contributed by atoms with Crippen LogP contribution in [0.1, 0.15) is 49.9 Å². The van der Waals surface area contributed by atoms with Crippen LogP contribution in [-0.4, -0.2) is 0 Å². The van der Waals surface area contributed by atoms with Crippen molar-refractivity contribution in [3.05, 3.63) is 174 Å². The molecule has 0 saturated heterocycles. The molecule has 8 aromatic carbocycles. The summed E-state index contributed by atoms with van der Waals surface area (Å²) in [4.78, 5) is 2.50. The molecule has 49 heavy (non-hydrogen) atoms. The Bertz CT molecular complexity index is 2620. The zero-order valence-corrected chi connectivity index (χ0v) is 28.4. The zero-order chi connectivity index (χ0) is 33.1. The number of para-hydroxylation sites is 1. The third-order valence-electron chi connectivity index (χ3n) is 11.6. The van der Waals surface area contributed by atoms with Crippen LogP contribution in [0.15, 0.2) is 152 Å². The van der Waals surface area contributed by atoms with Gasteiger partial charge in [0, 0.05) is 16.5 Å². The summed E-state index contributed by atoms with van der Waals surface area (Å²) < 4.78 is 0. The third kappa shape index (κ3) is 3.88. The van der Waals surface area contributed by atoms with Crippen molar-refractivity contribution in [2.75, 3.05) is 4.90 Å². The molecule has 0 atom stereocenters. The van der Waals surface area contributed by atoms with E-state index < -0.39 is 0 Å². The van der Waals surface area contributed by atoms with E-state index in [0.29, 0.717) is 0 Å². The highest BCUT2D eigenvalue weighted by atomic mass is 15.2. The lowest BCUT2D eigenvalue weighted by molar-refractivity contribution is 0.627.